The summed E-state index contributed by atoms with van der Waals surface area (Å²) in [5.41, 5.74) is 9.81. The van der Waals surface area contributed by atoms with Gasteiger partial charge in [0.25, 0.3) is 0 Å². The second-order valence-electron chi connectivity index (χ2n) is 13.5. The molecule has 5 nitrogen and oxygen atoms in total. The Labute approximate surface area is 307 Å². The highest BCUT2D eigenvalue weighted by Crippen LogP contribution is 2.42. The second-order valence-corrected chi connectivity index (χ2v) is 13.5. The molecule has 0 saturated carbocycles. The van der Waals surface area contributed by atoms with Crippen molar-refractivity contribution in [1.29, 1.82) is 0 Å². The average Bonchev–Trinajstić information content (AvgIpc) is 3.12. The van der Waals surface area contributed by atoms with Crippen LogP contribution in [0.2, 0.25) is 0 Å². The molecule has 0 fully saturated rings. The maximum Gasteiger partial charge on any atom is 0.130 e. The Hall–Kier alpha value is -4.48. The predicted molar refractivity (Wildman–Crippen MR) is 217 cm³/mol. The average molecular weight is 693 g/mol. The lowest BCUT2D eigenvalue weighted by atomic mass is 9.95. The standard InChI is InChI=1S/C23H30O3.C23H30O2/c1-16(9-8-10-17(2)15-24)13-14-19-18(3)22(25-4)20-11-6-7-12-21(20)23(19)26-5;1-16(2)10-9-11-17(3)14-15-19-18(4)22(24-5)20-12-7-8-13-21(20)23(19)25-6/h6-7,10-13,24H,8-9,14-15H2,1-5H3;7-8,10,12-14H,9,11,15H2,1-6H3/b16-13+,17-10+;17-14+. The van der Waals surface area contributed by atoms with Gasteiger partial charge in [0.15, 0.2) is 0 Å². The van der Waals surface area contributed by atoms with Gasteiger partial charge >= 0.3 is 0 Å². The molecule has 4 aromatic carbocycles. The van der Waals surface area contributed by atoms with Crippen molar-refractivity contribution in [3.8, 4) is 23.0 Å². The molecule has 4 aromatic rings. The summed E-state index contributed by atoms with van der Waals surface area (Å²) in [5, 5.41) is 13.4. The monoisotopic (exact) mass is 692 g/mol. The number of aliphatic hydroxyl groups excluding tert-OH is 1. The van der Waals surface area contributed by atoms with Crippen molar-refractivity contribution in [2.75, 3.05) is 35.0 Å². The van der Waals surface area contributed by atoms with Gasteiger partial charge in [0.1, 0.15) is 23.0 Å². The molecular weight excluding hydrogens is 633 g/mol. The predicted octanol–water partition coefficient (Wildman–Crippen LogP) is 11.8. The largest absolute Gasteiger partial charge is 0.496 e. The maximum atomic E-state index is 9.07. The van der Waals surface area contributed by atoms with Crippen LogP contribution in [0.3, 0.4) is 0 Å². The van der Waals surface area contributed by atoms with Gasteiger partial charge in [0.05, 0.1) is 35.0 Å². The Morgan fingerprint density at radius 3 is 1.20 bits per heavy atom. The highest BCUT2D eigenvalue weighted by Gasteiger charge is 2.18. The van der Waals surface area contributed by atoms with E-state index < -0.39 is 0 Å². The third-order valence-electron chi connectivity index (χ3n) is 9.47. The minimum absolute atomic E-state index is 0.135. The summed E-state index contributed by atoms with van der Waals surface area (Å²) in [6, 6.07) is 16.5. The quantitative estimate of drug-likeness (QED) is 0.126. The van der Waals surface area contributed by atoms with Crippen molar-refractivity contribution in [3.63, 3.8) is 0 Å². The number of benzene rings is 4. The summed E-state index contributed by atoms with van der Waals surface area (Å²) in [6.07, 6.45) is 14.8. The normalized spacial score (nSPS) is 12.0. The van der Waals surface area contributed by atoms with Gasteiger partial charge in [-0.3, -0.25) is 0 Å². The maximum absolute atomic E-state index is 9.07. The van der Waals surface area contributed by atoms with E-state index in [0.717, 1.165) is 99.8 Å². The zero-order valence-electron chi connectivity index (χ0n) is 33.0. The van der Waals surface area contributed by atoms with Crippen LogP contribution in [-0.2, 0) is 12.8 Å². The molecule has 51 heavy (non-hydrogen) atoms. The molecule has 0 aliphatic heterocycles. The van der Waals surface area contributed by atoms with Crippen molar-refractivity contribution in [2.24, 2.45) is 0 Å². The van der Waals surface area contributed by atoms with Gasteiger partial charge in [-0.05, 0) is 98.1 Å². The lowest BCUT2D eigenvalue weighted by Gasteiger charge is -2.18. The van der Waals surface area contributed by atoms with E-state index in [0.29, 0.717) is 0 Å². The zero-order chi connectivity index (χ0) is 37.5. The van der Waals surface area contributed by atoms with Crippen molar-refractivity contribution in [3.05, 3.63) is 117 Å². The van der Waals surface area contributed by atoms with Crippen molar-refractivity contribution < 1.29 is 24.1 Å². The fourth-order valence-electron chi connectivity index (χ4n) is 6.54. The van der Waals surface area contributed by atoms with E-state index in [1.807, 2.05) is 31.2 Å². The molecule has 0 aliphatic rings. The first-order valence-corrected chi connectivity index (χ1v) is 18.0. The zero-order valence-corrected chi connectivity index (χ0v) is 33.0. The molecule has 0 atom stereocenters. The molecule has 0 radical (unpaired) electrons. The number of ether oxygens (including phenoxy) is 4. The summed E-state index contributed by atoms with van der Waals surface area (Å²) < 4.78 is 23.0. The number of hydrogen-bond acceptors (Lipinski definition) is 5. The third kappa shape index (κ3) is 10.8. The molecule has 0 aromatic heterocycles. The lowest BCUT2D eigenvalue weighted by Crippen LogP contribution is -2.00. The Morgan fingerprint density at radius 2 is 0.863 bits per heavy atom. The first-order valence-electron chi connectivity index (χ1n) is 18.0. The molecule has 0 aliphatic carbocycles. The fourth-order valence-corrected chi connectivity index (χ4v) is 6.54. The first-order chi connectivity index (χ1) is 24.5. The summed E-state index contributed by atoms with van der Waals surface area (Å²) in [7, 11) is 6.95. The van der Waals surface area contributed by atoms with Crippen molar-refractivity contribution in [1.82, 2.24) is 0 Å². The van der Waals surface area contributed by atoms with E-state index in [1.54, 1.807) is 28.4 Å². The van der Waals surface area contributed by atoms with Crippen LogP contribution in [0, 0.1) is 13.8 Å². The number of fused-ring (bicyclic) bond motifs is 2. The molecule has 4 rings (SSSR count). The highest BCUT2D eigenvalue weighted by molar-refractivity contribution is 5.97. The molecule has 0 bridgehead atoms. The van der Waals surface area contributed by atoms with E-state index >= 15 is 0 Å². The van der Waals surface area contributed by atoms with E-state index in [-0.39, 0.29) is 6.61 Å². The van der Waals surface area contributed by atoms with Gasteiger partial charge in [-0.1, -0.05) is 95.1 Å². The number of allylic oxidation sites excluding steroid dienone is 7. The SMILES string of the molecule is COc1c(C)c(C/C=C(\C)CC/C=C(\C)CO)c(OC)c2ccccc12.COc1c(C)c(C/C=C(\C)CCC=C(C)C)c(OC)c2ccccc12. The number of aliphatic hydroxyl groups is 1. The third-order valence-corrected chi connectivity index (χ3v) is 9.47. The molecule has 0 amide bonds. The summed E-state index contributed by atoms with van der Waals surface area (Å²) in [5.74, 6) is 3.76. The molecule has 1 N–H and O–H groups in total. The van der Waals surface area contributed by atoms with Crippen LogP contribution in [0.15, 0.2) is 95.1 Å². The summed E-state index contributed by atoms with van der Waals surface area (Å²) >= 11 is 0. The van der Waals surface area contributed by atoms with Crippen LogP contribution in [0.25, 0.3) is 21.5 Å². The van der Waals surface area contributed by atoms with Crippen molar-refractivity contribution >= 4 is 21.5 Å². The van der Waals surface area contributed by atoms with Crippen LogP contribution < -0.4 is 18.9 Å². The van der Waals surface area contributed by atoms with Crippen molar-refractivity contribution in [2.45, 2.75) is 87.0 Å². The van der Waals surface area contributed by atoms with Gasteiger partial charge in [0, 0.05) is 32.7 Å². The lowest BCUT2D eigenvalue weighted by molar-refractivity contribution is 0.331. The molecular formula is C46H60O5. The molecule has 0 spiro atoms. The molecule has 0 saturated heterocycles. The Bertz CT molecular complexity index is 1890. The van der Waals surface area contributed by atoms with Gasteiger partial charge in [-0.15, -0.1) is 0 Å². The molecule has 0 unspecified atom stereocenters. The topological polar surface area (TPSA) is 57.2 Å². The minimum Gasteiger partial charge on any atom is -0.496 e. The summed E-state index contributed by atoms with van der Waals surface area (Å²) in [4.78, 5) is 0. The molecule has 0 heterocycles. The number of hydrogen-bond donors (Lipinski definition) is 1. The molecule has 274 valence electrons. The second kappa shape index (κ2) is 20.4. The first kappa shape index (κ1) is 40.9. The van der Waals surface area contributed by atoms with Crippen LogP contribution in [0.4, 0.5) is 0 Å². The van der Waals surface area contributed by atoms with E-state index in [9.17, 15) is 0 Å². The van der Waals surface area contributed by atoms with Crippen LogP contribution in [-0.4, -0.2) is 40.2 Å². The van der Waals surface area contributed by atoms with E-state index in [4.69, 9.17) is 24.1 Å². The number of methoxy groups -OCH3 is 4. The summed E-state index contributed by atoms with van der Waals surface area (Å²) in [6.45, 7) is 15.0. The van der Waals surface area contributed by atoms with Gasteiger partial charge < -0.3 is 24.1 Å². The van der Waals surface area contributed by atoms with Crippen LogP contribution in [0.5, 0.6) is 23.0 Å². The smallest absolute Gasteiger partial charge is 0.130 e. The Morgan fingerprint density at radius 1 is 0.510 bits per heavy atom. The highest BCUT2D eigenvalue weighted by atomic mass is 16.5. The van der Waals surface area contributed by atoms with Gasteiger partial charge in [-0.2, -0.15) is 0 Å². The molecule has 5 heteroatoms. The minimum atomic E-state index is 0.135. The van der Waals surface area contributed by atoms with Gasteiger partial charge in [0.2, 0.25) is 0 Å². The fraction of sp³-hybridized carbons (Fsp3) is 0.391. The van der Waals surface area contributed by atoms with Crippen LogP contribution in [0.1, 0.15) is 82.6 Å². The van der Waals surface area contributed by atoms with E-state index in [1.165, 1.54) is 27.8 Å². The Kier molecular flexibility index (Phi) is 16.4. The van der Waals surface area contributed by atoms with E-state index in [2.05, 4.69) is 90.1 Å². The van der Waals surface area contributed by atoms with Gasteiger partial charge in [-0.25, -0.2) is 0 Å². The van der Waals surface area contributed by atoms with Crippen LogP contribution >= 0.6 is 0 Å². The number of rotatable bonds is 15. The Balaban J connectivity index is 0.000000276.